The van der Waals surface area contributed by atoms with Crippen molar-refractivity contribution in [2.45, 2.75) is 38.2 Å². The summed E-state index contributed by atoms with van der Waals surface area (Å²) in [5, 5.41) is 10.3. The molecule has 1 atom stereocenters. The van der Waals surface area contributed by atoms with E-state index in [1.54, 1.807) is 0 Å². The molecule has 1 N–H and O–H groups in total. The fourth-order valence-electron chi connectivity index (χ4n) is 1.97. The molecule has 0 saturated heterocycles. The Bertz CT molecular complexity index is 380. The first kappa shape index (κ1) is 12.6. The average molecular weight is 322 g/mol. The van der Waals surface area contributed by atoms with Crippen molar-refractivity contribution in [2.24, 2.45) is 0 Å². The Balaban J connectivity index is 2.17. The van der Waals surface area contributed by atoms with Gasteiger partial charge in [-0.25, -0.2) is 0 Å². The Morgan fingerprint density at radius 3 is 2.88 bits per heavy atom. The molecule has 1 unspecified atom stereocenters. The van der Waals surface area contributed by atoms with Gasteiger partial charge in [-0.15, -0.1) is 11.3 Å². The van der Waals surface area contributed by atoms with E-state index in [2.05, 4.69) is 22.0 Å². The molecule has 1 aromatic heterocycles. The molecule has 1 aliphatic carbocycles. The van der Waals surface area contributed by atoms with Crippen LogP contribution in [0.1, 0.15) is 43.1 Å². The molecule has 2 rings (SSSR count). The van der Waals surface area contributed by atoms with Crippen molar-refractivity contribution in [1.29, 1.82) is 0 Å². The standard InChI is InChI=1S/C12H14BrClOS/c13-9-7-10(16-12(9)14)11(15)8-5-3-1-2-4-6-8/h5,7,11,15H,1-4,6H2. The van der Waals surface area contributed by atoms with E-state index in [0.717, 1.165) is 27.8 Å². The number of aliphatic hydroxyl groups is 1. The maximum atomic E-state index is 10.3. The van der Waals surface area contributed by atoms with Crippen LogP contribution >= 0.6 is 38.9 Å². The molecule has 16 heavy (non-hydrogen) atoms. The van der Waals surface area contributed by atoms with E-state index in [9.17, 15) is 5.11 Å². The predicted molar refractivity (Wildman–Crippen MR) is 73.2 cm³/mol. The molecule has 1 nitrogen and oxygen atoms in total. The Morgan fingerprint density at radius 2 is 2.19 bits per heavy atom. The lowest BCUT2D eigenvalue weighted by Gasteiger charge is -2.12. The number of hydrogen-bond acceptors (Lipinski definition) is 2. The van der Waals surface area contributed by atoms with E-state index in [1.165, 1.54) is 30.6 Å². The van der Waals surface area contributed by atoms with Crippen LogP contribution in [0.25, 0.3) is 0 Å². The molecule has 0 spiro atoms. The third kappa shape index (κ3) is 2.89. The second kappa shape index (κ2) is 5.67. The smallest absolute Gasteiger partial charge is 0.109 e. The van der Waals surface area contributed by atoms with E-state index in [4.69, 9.17) is 11.6 Å². The fraction of sp³-hybridized carbons (Fsp3) is 0.500. The Morgan fingerprint density at radius 1 is 1.38 bits per heavy atom. The zero-order valence-corrected chi connectivity index (χ0v) is 12.0. The van der Waals surface area contributed by atoms with Crippen LogP contribution < -0.4 is 0 Å². The second-order valence-electron chi connectivity index (χ2n) is 4.05. The highest BCUT2D eigenvalue weighted by molar-refractivity contribution is 9.10. The quantitative estimate of drug-likeness (QED) is 0.752. The molecular formula is C12H14BrClOS. The maximum absolute atomic E-state index is 10.3. The monoisotopic (exact) mass is 320 g/mol. The zero-order valence-electron chi connectivity index (χ0n) is 8.88. The summed E-state index contributed by atoms with van der Waals surface area (Å²) in [5.41, 5.74) is 1.16. The van der Waals surface area contributed by atoms with E-state index in [1.807, 2.05) is 6.07 Å². The van der Waals surface area contributed by atoms with E-state index >= 15 is 0 Å². The third-order valence-corrected chi connectivity index (χ3v) is 5.39. The highest BCUT2D eigenvalue weighted by Crippen LogP contribution is 2.39. The molecule has 0 amide bonds. The van der Waals surface area contributed by atoms with Gasteiger partial charge in [-0.05, 0) is 53.3 Å². The first-order valence-electron chi connectivity index (χ1n) is 5.50. The van der Waals surface area contributed by atoms with Gasteiger partial charge in [0.25, 0.3) is 0 Å². The summed E-state index contributed by atoms with van der Waals surface area (Å²) < 4.78 is 1.59. The van der Waals surface area contributed by atoms with Gasteiger partial charge in [-0.1, -0.05) is 24.1 Å². The zero-order chi connectivity index (χ0) is 11.5. The normalized spacial score (nSPS) is 19.1. The minimum Gasteiger partial charge on any atom is -0.383 e. The van der Waals surface area contributed by atoms with Gasteiger partial charge in [0.05, 0.1) is 0 Å². The van der Waals surface area contributed by atoms with Gasteiger partial charge < -0.3 is 5.11 Å². The van der Waals surface area contributed by atoms with Gasteiger partial charge in [0.2, 0.25) is 0 Å². The summed E-state index contributed by atoms with van der Waals surface area (Å²) in [5.74, 6) is 0. The van der Waals surface area contributed by atoms with Crippen molar-refractivity contribution in [3.63, 3.8) is 0 Å². The summed E-state index contributed by atoms with van der Waals surface area (Å²) in [6.07, 6.45) is 7.52. The Hall–Kier alpha value is 0.170. The molecule has 0 saturated carbocycles. The number of hydrogen-bond donors (Lipinski definition) is 1. The van der Waals surface area contributed by atoms with E-state index in [-0.39, 0.29) is 0 Å². The molecule has 0 fully saturated rings. The maximum Gasteiger partial charge on any atom is 0.109 e. The minimum atomic E-state index is -0.466. The molecule has 0 bridgehead atoms. The SMILES string of the molecule is OC(C1=CCCCCC1)c1cc(Br)c(Cl)s1. The van der Waals surface area contributed by atoms with E-state index < -0.39 is 6.10 Å². The van der Waals surface area contributed by atoms with Crippen LogP contribution in [0.2, 0.25) is 4.34 Å². The lowest BCUT2D eigenvalue weighted by atomic mass is 10.0. The largest absolute Gasteiger partial charge is 0.383 e. The van der Waals surface area contributed by atoms with Crippen molar-refractivity contribution in [1.82, 2.24) is 0 Å². The lowest BCUT2D eigenvalue weighted by molar-refractivity contribution is 0.214. The van der Waals surface area contributed by atoms with Crippen LogP contribution in [0.5, 0.6) is 0 Å². The van der Waals surface area contributed by atoms with Crippen molar-refractivity contribution >= 4 is 38.9 Å². The van der Waals surface area contributed by atoms with Gasteiger partial charge in [0.15, 0.2) is 0 Å². The van der Waals surface area contributed by atoms with Gasteiger partial charge in [0, 0.05) is 9.35 Å². The number of rotatable bonds is 2. The fourth-order valence-corrected chi connectivity index (χ4v) is 3.73. The predicted octanol–water partition coefficient (Wildman–Crippen LogP) is 5.09. The molecule has 1 aliphatic rings. The van der Waals surface area contributed by atoms with Crippen molar-refractivity contribution in [3.8, 4) is 0 Å². The number of allylic oxidation sites excluding steroid dienone is 1. The Kier molecular flexibility index (Phi) is 4.48. The van der Waals surface area contributed by atoms with Crippen LogP contribution in [0.3, 0.4) is 0 Å². The Labute approximate surface area is 113 Å². The molecular weight excluding hydrogens is 308 g/mol. The van der Waals surface area contributed by atoms with Crippen LogP contribution in [-0.4, -0.2) is 5.11 Å². The highest BCUT2D eigenvalue weighted by atomic mass is 79.9. The summed E-state index contributed by atoms with van der Waals surface area (Å²) >= 11 is 10.8. The molecule has 1 aromatic rings. The number of aliphatic hydroxyl groups excluding tert-OH is 1. The van der Waals surface area contributed by atoms with E-state index in [0.29, 0.717) is 4.34 Å². The molecule has 0 aliphatic heterocycles. The first-order chi connectivity index (χ1) is 7.68. The summed E-state index contributed by atoms with van der Waals surface area (Å²) in [6, 6.07) is 1.92. The first-order valence-corrected chi connectivity index (χ1v) is 7.49. The summed E-state index contributed by atoms with van der Waals surface area (Å²) in [6.45, 7) is 0. The second-order valence-corrected chi connectivity index (χ2v) is 6.59. The molecule has 88 valence electrons. The summed E-state index contributed by atoms with van der Waals surface area (Å²) in [7, 11) is 0. The van der Waals surface area contributed by atoms with Crippen molar-refractivity contribution < 1.29 is 5.11 Å². The topological polar surface area (TPSA) is 20.2 Å². The molecule has 1 heterocycles. The molecule has 4 heteroatoms. The van der Waals surface area contributed by atoms with Gasteiger partial charge in [-0.2, -0.15) is 0 Å². The van der Waals surface area contributed by atoms with Crippen LogP contribution in [-0.2, 0) is 0 Å². The van der Waals surface area contributed by atoms with Gasteiger partial charge in [0.1, 0.15) is 10.4 Å². The number of thiophene rings is 1. The van der Waals surface area contributed by atoms with Crippen LogP contribution in [0.15, 0.2) is 22.2 Å². The summed E-state index contributed by atoms with van der Waals surface area (Å²) in [4.78, 5) is 0.935. The molecule has 0 radical (unpaired) electrons. The third-order valence-electron chi connectivity index (χ3n) is 2.86. The number of halogens is 2. The molecule has 0 aromatic carbocycles. The van der Waals surface area contributed by atoms with Crippen LogP contribution in [0, 0.1) is 0 Å². The van der Waals surface area contributed by atoms with Gasteiger partial charge in [-0.3, -0.25) is 0 Å². The minimum absolute atomic E-state index is 0.466. The van der Waals surface area contributed by atoms with Crippen LogP contribution in [0.4, 0.5) is 0 Å². The lowest BCUT2D eigenvalue weighted by Crippen LogP contribution is -1.98. The highest BCUT2D eigenvalue weighted by Gasteiger charge is 2.18. The van der Waals surface area contributed by atoms with Gasteiger partial charge >= 0.3 is 0 Å². The van der Waals surface area contributed by atoms with Crippen molar-refractivity contribution in [3.05, 3.63) is 31.4 Å². The average Bonchev–Trinajstić information content (AvgIpc) is 2.51. The van der Waals surface area contributed by atoms with Crippen molar-refractivity contribution in [2.75, 3.05) is 0 Å².